The first-order valence-electron chi connectivity index (χ1n) is 22.7. The quantitative estimate of drug-likeness (QED) is 0.0167. The Morgan fingerprint density at radius 1 is 0.484 bits per heavy atom. The van der Waals surface area contributed by atoms with E-state index in [1.807, 2.05) is 12.2 Å². The molecule has 0 aliphatic rings. The minimum absolute atomic E-state index is 0.0312. The van der Waals surface area contributed by atoms with Crippen LogP contribution in [0.4, 0.5) is 0 Å². The molecule has 0 aromatic carbocycles. The van der Waals surface area contributed by atoms with Gasteiger partial charge in [-0.15, -0.1) is 0 Å². The van der Waals surface area contributed by atoms with E-state index in [0.717, 1.165) is 96.3 Å². The smallest absolute Gasteiger partial charge is 0.462 e. The van der Waals surface area contributed by atoms with Gasteiger partial charge in [0.2, 0.25) is 0 Å². The minimum Gasteiger partial charge on any atom is -0.462 e. The molecule has 16 heteroatoms. The molecule has 0 radical (unpaired) electrons. The van der Waals surface area contributed by atoms with Gasteiger partial charge in [-0.25, -0.2) is 9.13 Å². The number of rotatable bonds is 42. The molecule has 0 spiro atoms. The largest absolute Gasteiger partial charge is 0.472 e. The number of ether oxygens (including phenoxy) is 2. The summed E-state index contributed by atoms with van der Waals surface area (Å²) in [6, 6.07) is 0. The van der Waals surface area contributed by atoms with Crippen LogP contribution in [0.2, 0.25) is 0 Å². The van der Waals surface area contributed by atoms with Crippen LogP contribution in [-0.4, -0.2) is 82.1 Å². The van der Waals surface area contributed by atoms with E-state index in [-0.39, 0.29) is 19.4 Å². The molecule has 64 heavy (non-hydrogen) atoms. The van der Waals surface area contributed by atoms with Gasteiger partial charge in [0.1, 0.15) is 12.7 Å². The molecule has 0 aromatic heterocycles. The fourth-order valence-corrected chi connectivity index (χ4v) is 6.44. The lowest BCUT2D eigenvalue weighted by molar-refractivity contribution is -0.161. The van der Waals surface area contributed by atoms with Crippen LogP contribution in [0.15, 0.2) is 109 Å². The summed E-state index contributed by atoms with van der Waals surface area (Å²) in [4.78, 5) is 52.7. The van der Waals surface area contributed by atoms with Gasteiger partial charge in [0, 0.05) is 19.4 Å². The maximum atomic E-state index is 12.7. The summed E-state index contributed by atoms with van der Waals surface area (Å²) in [6.45, 7) is -0.472. The number of hydrogen-bond acceptors (Lipinski definition) is 11. The van der Waals surface area contributed by atoms with Gasteiger partial charge in [-0.2, -0.15) is 0 Å². The first-order valence-corrected chi connectivity index (χ1v) is 25.7. The van der Waals surface area contributed by atoms with Crippen LogP contribution in [0.3, 0.4) is 0 Å². The lowest BCUT2D eigenvalue weighted by Crippen LogP contribution is -2.29. The highest BCUT2D eigenvalue weighted by molar-refractivity contribution is 7.47. The summed E-state index contributed by atoms with van der Waals surface area (Å²) in [5.74, 6) is -1.16. The molecule has 0 saturated heterocycles. The van der Waals surface area contributed by atoms with E-state index in [4.69, 9.17) is 28.9 Å². The first kappa shape index (κ1) is 60.7. The fraction of sp³-hybridized carbons (Fsp3) is 0.583. The van der Waals surface area contributed by atoms with Gasteiger partial charge in [0.15, 0.2) is 6.10 Å². The molecule has 0 aliphatic heterocycles. The van der Waals surface area contributed by atoms with Crippen LogP contribution in [0, 0.1) is 0 Å². The van der Waals surface area contributed by atoms with Crippen molar-refractivity contribution < 1.29 is 66.7 Å². The summed E-state index contributed by atoms with van der Waals surface area (Å²) in [5.41, 5.74) is 0. The van der Waals surface area contributed by atoms with E-state index in [9.17, 15) is 28.7 Å². The van der Waals surface area contributed by atoms with E-state index in [1.54, 1.807) is 0 Å². The summed E-state index contributed by atoms with van der Waals surface area (Å²) in [7, 11) is -9.73. The van der Waals surface area contributed by atoms with Gasteiger partial charge in [0.05, 0.1) is 19.8 Å². The van der Waals surface area contributed by atoms with Crippen molar-refractivity contribution in [2.75, 3.05) is 33.0 Å². The normalized spacial score (nSPS) is 14.9. The Bertz CT molecular complexity index is 1540. The zero-order chi connectivity index (χ0) is 47.3. The number of hydrogen-bond donors (Lipinski definition) is 5. The third-order valence-electron chi connectivity index (χ3n) is 8.69. The van der Waals surface area contributed by atoms with Gasteiger partial charge in [-0.05, 0) is 103 Å². The summed E-state index contributed by atoms with van der Waals surface area (Å²) in [6.07, 6.45) is 51.0. The maximum Gasteiger partial charge on any atom is 0.472 e. The molecule has 5 N–H and O–H groups in total. The van der Waals surface area contributed by atoms with E-state index in [0.29, 0.717) is 19.3 Å². The number of unbranched alkanes of at least 4 members (excludes halogenated alkanes) is 7. The van der Waals surface area contributed by atoms with Crippen molar-refractivity contribution in [1.29, 1.82) is 0 Å². The van der Waals surface area contributed by atoms with Gasteiger partial charge in [-0.3, -0.25) is 23.2 Å². The van der Waals surface area contributed by atoms with Crippen molar-refractivity contribution in [1.82, 2.24) is 0 Å². The molecule has 0 bridgehead atoms. The molecule has 0 heterocycles. The molecule has 0 fully saturated rings. The van der Waals surface area contributed by atoms with Gasteiger partial charge in [-0.1, -0.05) is 129 Å². The standard InChI is InChI=1S/C48H78O14P2/c1-2-3-4-5-6-7-8-9-10-11-12-14-17-20-23-26-29-32-35-38-47(51)58-43-46(44-61-64(56,57)60-42-45(50)41-59-63(53,54)55)62-48(52)39-36-33-30-27-24-21-18-15-13-16-19-22-25-28-31-34-37-40-49/h3-4,6-7,9-10,12-14,16,18,20-23,25,27,30,45-46,49-50H,2,5,8,11,15,17,19,24,26,28-29,31-44H2,1H3,(H,56,57)(H2,53,54,55)/b4-3-,7-6-,10-9-,14-12-,16-13-,21-18-,23-20-,25-22-,30-27-/t45-,46+/m0/s1. The molecule has 0 aliphatic carbocycles. The van der Waals surface area contributed by atoms with Crippen molar-refractivity contribution in [3.05, 3.63) is 109 Å². The molecule has 3 atom stereocenters. The molecule has 0 amide bonds. The van der Waals surface area contributed by atoms with Crippen LogP contribution in [-0.2, 0) is 41.8 Å². The lowest BCUT2D eigenvalue weighted by atomic mass is 10.1. The molecule has 364 valence electrons. The fourth-order valence-electron chi connectivity index (χ4n) is 5.29. The van der Waals surface area contributed by atoms with Crippen LogP contribution in [0.5, 0.6) is 0 Å². The first-order chi connectivity index (χ1) is 30.9. The van der Waals surface area contributed by atoms with Gasteiger partial charge >= 0.3 is 27.6 Å². The average Bonchev–Trinajstić information content (AvgIpc) is 3.26. The molecule has 14 nitrogen and oxygen atoms in total. The van der Waals surface area contributed by atoms with E-state index in [1.165, 1.54) is 0 Å². The van der Waals surface area contributed by atoms with Crippen molar-refractivity contribution in [2.45, 2.75) is 148 Å². The molecule has 1 unspecified atom stereocenters. The number of carbonyl (C=O) groups is 2. The van der Waals surface area contributed by atoms with Crippen molar-refractivity contribution in [3.8, 4) is 0 Å². The molecule has 0 aromatic rings. The number of aliphatic hydroxyl groups is 2. The van der Waals surface area contributed by atoms with Crippen molar-refractivity contribution >= 4 is 27.6 Å². The van der Waals surface area contributed by atoms with Crippen LogP contribution in [0.25, 0.3) is 0 Å². The Labute approximate surface area is 383 Å². The second-order valence-electron chi connectivity index (χ2n) is 14.7. The highest BCUT2D eigenvalue weighted by Gasteiger charge is 2.28. The third kappa shape index (κ3) is 46.7. The zero-order valence-corrected chi connectivity index (χ0v) is 39.8. The minimum atomic E-state index is -4.88. The van der Waals surface area contributed by atoms with E-state index < -0.39 is 66.2 Å². The molecule has 0 rings (SSSR count). The maximum absolute atomic E-state index is 12.7. The van der Waals surface area contributed by atoms with E-state index >= 15 is 0 Å². The summed E-state index contributed by atoms with van der Waals surface area (Å²) >= 11 is 0. The molecule has 0 saturated carbocycles. The van der Waals surface area contributed by atoms with Crippen LogP contribution >= 0.6 is 15.6 Å². The Balaban J connectivity index is 4.66. The van der Waals surface area contributed by atoms with E-state index in [2.05, 4.69) is 113 Å². The molecular formula is C48H78O14P2. The van der Waals surface area contributed by atoms with Gasteiger partial charge < -0.3 is 34.4 Å². The number of phosphoric ester groups is 2. The average molecular weight is 941 g/mol. The second kappa shape index (κ2) is 43.6. The van der Waals surface area contributed by atoms with Crippen molar-refractivity contribution in [2.24, 2.45) is 0 Å². The number of allylic oxidation sites excluding steroid dienone is 18. The summed E-state index contributed by atoms with van der Waals surface area (Å²) in [5, 5.41) is 18.6. The highest BCUT2D eigenvalue weighted by Crippen LogP contribution is 2.43. The van der Waals surface area contributed by atoms with Crippen molar-refractivity contribution in [3.63, 3.8) is 0 Å². The van der Waals surface area contributed by atoms with Crippen LogP contribution < -0.4 is 0 Å². The predicted octanol–water partition coefficient (Wildman–Crippen LogP) is 10.9. The predicted molar refractivity (Wildman–Crippen MR) is 254 cm³/mol. The SMILES string of the molecule is CC/C=C\C/C=C\C/C=C\C/C=C\C/C=C\CCCCCC(=O)OC[C@H](COP(=O)(O)OC[C@@H](O)COP(=O)(O)O)OC(=O)CCC/C=C\C/C=C\C/C=C\C/C=C\CCCCCO. The number of aliphatic hydroxyl groups excluding tert-OH is 2. The third-order valence-corrected chi connectivity index (χ3v) is 10.1. The van der Waals surface area contributed by atoms with Crippen LogP contribution in [0.1, 0.15) is 135 Å². The number of carbonyl (C=O) groups excluding carboxylic acids is 2. The lowest BCUT2D eigenvalue weighted by Gasteiger charge is -2.20. The molecular weight excluding hydrogens is 862 g/mol. The Morgan fingerprint density at radius 3 is 1.36 bits per heavy atom. The summed E-state index contributed by atoms with van der Waals surface area (Å²) < 4.78 is 47.7. The monoisotopic (exact) mass is 940 g/mol. The highest BCUT2D eigenvalue weighted by atomic mass is 31.2. The number of phosphoric acid groups is 2. The Morgan fingerprint density at radius 2 is 0.891 bits per heavy atom. The zero-order valence-electron chi connectivity index (χ0n) is 38.0. The Kier molecular flexibility index (Phi) is 41.4. The second-order valence-corrected chi connectivity index (χ2v) is 17.4. The van der Waals surface area contributed by atoms with Gasteiger partial charge in [0.25, 0.3) is 0 Å². The topological polar surface area (TPSA) is 216 Å². The Hall–Kier alpha value is -3.26. The number of esters is 2.